The number of pyridine rings is 1. The molecule has 62 valence electrons. The summed E-state index contributed by atoms with van der Waals surface area (Å²) in [6.07, 6.45) is 1.70. The number of imidazole rings is 1. The van der Waals surface area contributed by atoms with Gasteiger partial charge in [0.15, 0.2) is 5.65 Å². The normalized spacial score (nSPS) is 10.5. The number of halogens is 1. The third-order valence-corrected chi connectivity index (χ3v) is 1.91. The molecule has 0 saturated heterocycles. The van der Waals surface area contributed by atoms with E-state index >= 15 is 0 Å². The molecule has 12 heavy (non-hydrogen) atoms. The molecular weight excluding hydrogens is 222 g/mol. The minimum atomic E-state index is 0.482. The highest BCUT2D eigenvalue weighted by Crippen LogP contribution is 2.17. The van der Waals surface area contributed by atoms with Gasteiger partial charge in [0.2, 0.25) is 0 Å². The lowest BCUT2D eigenvalue weighted by Gasteiger charge is -1.87. The molecule has 2 aromatic heterocycles. The Kier molecular flexibility index (Phi) is 1.73. The van der Waals surface area contributed by atoms with Gasteiger partial charge in [0, 0.05) is 10.7 Å². The van der Waals surface area contributed by atoms with Crippen LogP contribution < -0.4 is 4.74 Å². The SMILES string of the molecule is COc1nc2ncc(Br)cc2[nH]1. The number of nitrogens with zero attached hydrogens (tertiary/aromatic N) is 2. The minimum absolute atomic E-state index is 0.482. The van der Waals surface area contributed by atoms with Gasteiger partial charge in [-0.3, -0.25) is 0 Å². The van der Waals surface area contributed by atoms with E-state index in [2.05, 4.69) is 30.9 Å². The molecular formula is C7H6BrN3O. The van der Waals surface area contributed by atoms with Crippen LogP contribution in [-0.2, 0) is 0 Å². The predicted octanol–water partition coefficient (Wildman–Crippen LogP) is 1.73. The standard InChI is InChI=1S/C7H6BrN3O/c1-12-7-10-5-2-4(8)3-9-6(5)11-7/h2-3H,1H3,(H,9,10,11). The Hall–Kier alpha value is -1.10. The van der Waals surface area contributed by atoms with E-state index in [0.717, 1.165) is 9.99 Å². The second-order valence-corrected chi connectivity index (χ2v) is 3.19. The molecule has 2 rings (SSSR count). The van der Waals surface area contributed by atoms with E-state index in [1.54, 1.807) is 13.3 Å². The van der Waals surface area contributed by atoms with Crippen LogP contribution in [-0.4, -0.2) is 22.1 Å². The number of H-pyrrole nitrogens is 1. The Morgan fingerprint density at radius 1 is 1.58 bits per heavy atom. The van der Waals surface area contributed by atoms with Crippen LogP contribution in [0.15, 0.2) is 16.7 Å². The number of fused-ring (bicyclic) bond motifs is 1. The van der Waals surface area contributed by atoms with Crippen LogP contribution in [0.1, 0.15) is 0 Å². The summed E-state index contributed by atoms with van der Waals surface area (Å²) in [6.45, 7) is 0. The van der Waals surface area contributed by atoms with Crippen molar-refractivity contribution in [2.75, 3.05) is 7.11 Å². The van der Waals surface area contributed by atoms with E-state index in [9.17, 15) is 0 Å². The van der Waals surface area contributed by atoms with E-state index in [1.165, 1.54) is 0 Å². The van der Waals surface area contributed by atoms with E-state index in [0.29, 0.717) is 11.7 Å². The zero-order chi connectivity index (χ0) is 8.55. The maximum Gasteiger partial charge on any atom is 0.295 e. The average Bonchev–Trinajstić information content (AvgIpc) is 2.46. The van der Waals surface area contributed by atoms with Crippen LogP contribution in [0.25, 0.3) is 11.2 Å². The fourth-order valence-electron chi connectivity index (χ4n) is 0.949. The minimum Gasteiger partial charge on any atom is -0.468 e. The summed E-state index contributed by atoms with van der Waals surface area (Å²) >= 11 is 3.31. The summed E-state index contributed by atoms with van der Waals surface area (Å²) in [5.41, 5.74) is 1.52. The van der Waals surface area contributed by atoms with Crippen molar-refractivity contribution < 1.29 is 4.74 Å². The molecule has 0 aromatic carbocycles. The molecule has 0 unspecified atom stereocenters. The molecule has 0 aliphatic heterocycles. The molecule has 5 heteroatoms. The molecule has 0 fully saturated rings. The third-order valence-electron chi connectivity index (χ3n) is 1.48. The van der Waals surface area contributed by atoms with Crippen LogP contribution in [0.2, 0.25) is 0 Å². The Balaban J connectivity index is 2.67. The van der Waals surface area contributed by atoms with Crippen molar-refractivity contribution in [1.29, 1.82) is 0 Å². The van der Waals surface area contributed by atoms with Crippen LogP contribution >= 0.6 is 15.9 Å². The van der Waals surface area contributed by atoms with Crippen molar-refractivity contribution in [3.05, 3.63) is 16.7 Å². The maximum absolute atomic E-state index is 4.92. The van der Waals surface area contributed by atoms with E-state index < -0.39 is 0 Å². The fraction of sp³-hybridized carbons (Fsp3) is 0.143. The number of ether oxygens (including phenoxy) is 1. The third kappa shape index (κ3) is 1.16. The molecule has 0 aliphatic rings. The highest BCUT2D eigenvalue weighted by Gasteiger charge is 2.02. The van der Waals surface area contributed by atoms with Gasteiger partial charge in [-0.2, -0.15) is 4.98 Å². The lowest BCUT2D eigenvalue weighted by Crippen LogP contribution is -1.82. The average molecular weight is 228 g/mol. The molecule has 4 nitrogen and oxygen atoms in total. The first-order valence-corrected chi connectivity index (χ1v) is 4.14. The van der Waals surface area contributed by atoms with E-state index in [-0.39, 0.29) is 0 Å². The maximum atomic E-state index is 4.92. The molecule has 0 spiro atoms. The first-order valence-electron chi connectivity index (χ1n) is 3.35. The topological polar surface area (TPSA) is 50.8 Å². The highest BCUT2D eigenvalue weighted by atomic mass is 79.9. The zero-order valence-electron chi connectivity index (χ0n) is 6.34. The Bertz CT molecular complexity index is 412. The molecule has 0 amide bonds. The first-order chi connectivity index (χ1) is 5.79. The second-order valence-electron chi connectivity index (χ2n) is 2.27. The first kappa shape index (κ1) is 7.54. The van der Waals surface area contributed by atoms with Crippen LogP contribution in [0, 0.1) is 0 Å². The molecule has 1 N–H and O–H groups in total. The number of hydrogen-bond acceptors (Lipinski definition) is 3. The molecule has 2 aromatic rings. The van der Waals surface area contributed by atoms with Gasteiger partial charge >= 0.3 is 0 Å². The van der Waals surface area contributed by atoms with Gasteiger partial charge < -0.3 is 9.72 Å². The number of methoxy groups -OCH3 is 1. The fourth-order valence-corrected chi connectivity index (χ4v) is 1.28. The monoisotopic (exact) mass is 227 g/mol. The van der Waals surface area contributed by atoms with Gasteiger partial charge in [0.05, 0.1) is 12.6 Å². The lowest BCUT2D eigenvalue weighted by atomic mass is 10.4. The van der Waals surface area contributed by atoms with Crippen LogP contribution in [0.4, 0.5) is 0 Å². The summed E-state index contributed by atoms with van der Waals surface area (Å²) in [7, 11) is 1.56. The number of rotatable bonds is 1. The van der Waals surface area contributed by atoms with Crippen molar-refractivity contribution in [3.8, 4) is 6.01 Å². The van der Waals surface area contributed by atoms with Crippen LogP contribution in [0.3, 0.4) is 0 Å². The van der Waals surface area contributed by atoms with Crippen molar-refractivity contribution in [2.45, 2.75) is 0 Å². The number of hydrogen-bond donors (Lipinski definition) is 1. The molecule has 2 heterocycles. The van der Waals surface area contributed by atoms with Gasteiger partial charge in [0.25, 0.3) is 6.01 Å². The number of aromatic amines is 1. The Morgan fingerprint density at radius 2 is 2.42 bits per heavy atom. The van der Waals surface area contributed by atoms with Gasteiger partial charge in [-0.25, -0.2) is 4.98 Å². The van der Waals surface area contributed by atoms with Crippen molar-refractivity contribution >= 4 is 27.1 Å². The molecule has 0 saturated carbocycles. The summed E-state index contributed by atoms with van der Waals surface area (Å²) in [5, 5.41) is 0. The second kappa shape index (κ2) is 2.75. The Labute approximate surface area is 77.1 Å². The van der Waals surface area contributed by atoms with Crippen LogP contribution in [0.5, 0.6) is 6.01 Å². The van der Waals surface area contributed by atoms with Crippen molar-refractivity contribution in [1.82, 2.24) is 15.0 Å². The highest BCUT2D eigenvalue weighted by molar-refractivity contribution is 9.10. The van der Waals surface area contributed by atoms with Gasteiger partial charge in [-0.15, -0.1) is 0 Å². The lowest BCUT2D eigenvalue weighted by molar-refractivity contribution is 0.386. The Morgan fingerprint density at radius 3 is 3.17 bits per heavy atom. The van der Waals surface area contributed by atoms with Gasteiger partial charge in [0.1, 0.15) is 0 Å². The predicted molar refractivity (Wildman–Crippen MR) is 48.1 cm³/mol. The quantitative estimate of drug-likeness (QED) is 0.808. The summed E-state index contributed by atoms with van der Waals surface area (Å²) < 4.78 is 5.83. The zero-order valence-corrected chi connectivity index (χ0v) is 7.92. The van der Waals surface area contributed by atoms with Crippen molar-refractivity contribution in [3.63, 3.8) is 0 Å². The van der Waals surface area contributed by atoms with Gasteiger partial charge in [-0.1, -0.05) is 0 Å². The summed E-state index contributed by atoms with van der Waals surface area (Å²) in [4.78, 5) is 11.1. The summed E-state index contributed by atoms with van der Waals surface area (Å²) in [5.74, 6) is 0. The van der Waals surface area contributed by atoms with E-state index in [1.807, 2.05) is 6.07 Å². The number of aromatic nitrogens is 3. The smallest absolute Gasteiger partial charge is 0.295 e. The molecule has 0 atom stereocenters. The molecule has 0 aliphatic carbocycles. The van der Waals surface area contributed by atoms with E-state index in [4.69, 9.17) is 4.74 Å². The summed E-state index contributed by atoms with van der Waals surface area (Å²) in [6, 6.07) is 2.38. The number of nitrogens with one attached hydrogen (secondary N) is 1. The molecule has 0 bridgehead atoms. The van der Waals surface area contributed by atoms with Crippen molar-refractivity contribution in [2.24, 2.45) is 0 Å². The molecule has 0 radical (unpaired) electrons. The largest absolute Gasteiger partial charge is 0.468 e. The van der Waals surface area contributed by atoms with Gasteiger partial charge in [-0.05, 0) is 22.0 Å².